The largest absolute Gasteiger partial charge is 0.454 e. The molecule has 0 radical (unpaired) electrons. The van der Waals surface area contributed by atoms with Crippen LogP contribution in [0.3, 0.4) is 0 Å². The summed E-state index contributed by atoms with van der Waals surface area (Å²) in [7, 11) is 1.71. The second-order valence-electron chi connectivity index (χ2n) is 5.73. The quantitative estimate of drug-likeness (QED) is 0.558. The third kappa shape index (κ3) is 5.15. The maximum atomic E-state index is 11.0. The summed E-state index contributed by atoms with van der Waals surface area (Å²) in [5.41, 5.74) is 9.01. The Morgan fingerprint density at radius 2 is 1.88 bits per heavy atom. The number of guanidine groups is 1. The van der Waals surface area contributed by atoms with Gasteiger partial charge in [0.05, 0.1) is 6.54 Å². The van der Waals surface area contributed by atoms with Gasteiger partial charge in [-0.15, -0.1) is 0 Å². The predicted molar refractivity (Wildman–Crippen MR) is 95.0 cm³/mol. The van der Waals surface area contributed by atoms with Crippen LogP contribution in [-0.2, 0) is 13.0 Å². The van der Waals surface area contributed by atoms with E-state index in [2.05, 4.69) is 47.7 Å². The second-order valence-corrected chi connectivity index (χ2v) is 5.73. The smallest absolute Gasteiger partial charge is 0.284 e. The molecule has 4 N–H and O–H groups in total. The lowest BCUT2D eigenvalue weighted by Crippen LogP contribution is -2.37. The molecular weight excluding hydrogens is 304 g/mol. The number of nitrogens with one attached hydrogen (secondary N) is 2. The molecule has 0 saturated carbocycles. The highest BCUT2D eigenvalue weighted by atomic mass is 16.3. The van der Waals surface area contributed by atoms with Gasteiger partial charge in [0.2, 0.25) is 0 Å². The molecule has 0 spiro atoms. The SMILES string of the molecule is CN=C(NCCc1cc(C)cc(C)c1)NCc1ccc(C(N)=O)o1. The van der Waals surface area contributed by atoms with E-state index in [9.17, 15) is 4.79 Å². The van der Waals surface area contributed by atoms with Crippen LogP contribution in [-0.4, -0.2) is 25.5 Å². The fourth-order valence-corrected chi connectivity index (χ4v) is 2.54. The molecule has 0 fully saturated rings. The van der Waals surface area contributed by atoms with Gasteiger partial charge in [-0.25, -0.2) is 0 Å². The van der Waals surface area contributed by atoms with E-state index in [0.29, 0.717) is 18.3 Å². The van der Waals surface area contributed by atoms with Gasteiger partial charge in [0.25, 0.3) is 5.91 Å². The Bertz CT molecular complexity index is 714. The first-order valence-electron chi connectivity index (χ1n) is 7.88. The molecule has 1 aromatic heterocycles. The molecule has 24 heavy (non-hydrogen) atoms. The minimum Gasteiger partial charge on any atom is -0.454 e. The van der Waals surface area contributed by atoms with Crippen molar-refractivity contribution < 1.29 is 9.21 Å². The lowest BCUT2D eigenvalue weighted by Gasteiger charge is -2.11. The van der Waals surface area contributed by atoms with Gasteiger partial charge in [0, 0.05) is 13.6 Å². The minimum absolute atomic E-state index is 0.157. The number of carbonyl (C=O) groups is 1. The van der Waals surface area contributed by atoms with Gasteiger partial charge < -0.3 is 20.8 Å². The van der Waals surface area contributed by atoms with Crippen molar-refractivity contribution in [2.75, 3.05) is 13.6 Å². The Labute approximate surface area is 142 Å². The van der Waals surface area contributed by atoms with Crippen LogP contribution in [0.2, 0.25) is 0 Å². The number of hydrogen-bond donors (Lipinski definition) is 3. The maximum absolute atomic E-state index is 11.0. The zero-order valence-corrected chi connectivity index (χ0v) is 14.3. The van der Waals surface area contributed by atoms with Gasteiger partial charge >= 0.3 is 0 Å². The van der Waals surface area contributed by atoms with Crippen molar-refractivity contribution >= 4 is 11.9 Å². The van der Waals surface area contributed by atoms with Gasteiger partial charge in [-0.2, -0.15) is 0 Å². The van der Waals surface area contributed by atoms with E-state index >= 15 is 0 Å². The zero-order chi connectivity index (χ0) is 17.5. The van der Waals surface area contributed by atoms with Crippen molar-refractivity contribution in [1.29, 1.82) is 0 Å². The molecule has 2 aromatic rings. The van der Waals surface area contributed by atoms with Crippen LogP contribution < -0.4 is 16.4 Å². The van der Waals surface area contributed by atoms with Crippen LogP contribution in [0, 0.1) is 13.8 Å². The molecule has 0 bridgehead atoms. The van der Waals surface area contributed by atoms with E-state index < -0.39 is 5.91 Å². The molecule has 0 unspecified atom stereocenters. The Morgan fingerprint density at radius 1 is 1.17 bits per heavy atom. The predicted octanol–water partition coefficient (Wildman–Crippen LogP) is 1.90. The monoisotopic (exact) mass is 328 g/mol. The van der Waals surface area contributed by atoms with Crippen LogP contribution in [0.15, 0.2) is 39.7 Å². The van der Waals surface area contributed by atoms with E-state index in [1.165, 1.54) is 16.7 Å². The molecule has 6 heteroatoms. The number of primary amides is 1. The fourth-order valence-electron chi connectivity index (χ4n) is 2.54. The van der Waals surface area contributed by atoms with Crippen molar-refractivity contribution in [2.45, 2.75) is 26.8 Å². The van der Waals surface area contributed by atoms with E-state index in [0.717, 1.165) is 13.0 Å². The number of nitrogens with two attached hydrogens (primary N) is 1. The van der Waals surface area contributed by atoms with Crippen molar-refractivity contribution in [1.82, 2.24) is 10.6 Å². The number of rotatable bonds is 6. The Morgan fingerprint density at radius 3 is 2.46 bits per heavy atom. The summed E-state index contributed by atoms with van der Waals surface area (Å²) in [6, 6.07) is 9.84. The first-order valence-corrected chi connectivity index (χ1v) is 7.88. The normalized spacial score (nSPS) is 11.4. The molecular formula is C18H24N4O2. The molecule has 1 aromatic carbocycles. The molecule has 1 heterocycles. The Hall–Kier alpha value is -2.76. The zero-order valence-electron chi connectivity index (χ0n) is 14.3. The maximum Gasteiger partial charge on any atom is 0.284 e. The standard InChI is InChI=1S/C18H24N4O2/c1-12-8-13(2)10-14(9-12)6-7-21-18(20-3)22-11-15-4-5-16(24-15)17(19)23/h4-5,8-10H,6-7,11H2,1-3H3,(H2,19,23)(H2,20,21,22). The van der Waals surface area contributed by atoms with Crippen molar-refractivity contribution in [3.63, 3.8) is 0 Å². The molecule has 0 aliphatic heterocycles. The number of aryl methyl sites for hydroxylation is 2. The average molecular weight is 328 g/mol. The number of hydrogen-bond acceptors (Lipinski definition) is 3. The molecule has 2 rings (SSSR count). The first-order chi connectivity index (χ1) is 11.5. The third-order valence-corrected chi connectivity index (χ3v) is 3.55. The topological polar surface area (TPSA) is 92.6 Å². The molecule has 6 nitrogen and oxygen atoms in total. The summed E-state index contributed by atoms with van der Waals surface area (Å²) >= 11 is 0. The van der Waals surface area contributed by atoms with Crippen LogP contribution in [0.4, 0.5) is 0 Å². The van der Waals surface area contributed by atoms with E-state index in [1.54, 1.807) is 19.2 Å². The van der Waals surface area contributed by atoms with Crippen LogP contribution >= 0.6 is 0 Å². The van der Waals surface area contributed by atoms with E-state index in [-0.39, 0.29) is 5.76 Å². The fraction of sp³-hybridized carbons (Fsp3) is 0.333. The summed E-state index contributed by atoms with van der Waals surface area (Å²) in [5, 5.41) is 6.40. The van der Waals surface area contributed by atoms with E-state index in [1.807, 2.05) is 0 Å². The van der Waals surface area contributed by atoms with Crippen LogP contribution in [0.25, 0.3) is 0 Å². The van der Waals surface area contributed by atoms with Crippen LogP contribution in [0.5, 0.6) is 0 Å². The summed E-state index contributed by atoms with van der Waals surface area (Å²) in [6.07, 6.45) is 0.912. The number of benzene rings is 1. The minimum atomic E-state index is -0.572. The lowest BCUT2D eigenvalue weighted by atomic mass is 10.1. The number of amides is 1. The summed E-state index contributed by atoms with van der Waals surface area (Å²) in [5.74, 6) is 0.888. The second kappa shape index (κ2) is 8.19. The molecule has 0 aliphatic rings. The summed E-state index contributed by atoms with van der Waals surface area (Å²) < 4.78 is 5.32. The molecule has 0 atom stereocenters. The Balaban J connectivity index is 1.80. The highest BCUT2D eigenvalue weighted by Crippen LogP contribution is 2.09. The average Bonchev–Trinajstić information content (AvgIpc) is 2.99. The van der Waals surface area contributed by atoms with Gasteiger partial charge in [-0.05, 0) is 38.0 Å². The molecule has 1 amide bonds. The van der Waals surface area contributed by atoms with E-state index in [4.69, 9.17) is 10.2 Å². The van der Waals surface area contributed by atoms with Crippen molar-refractivity contribution in [3.05, 3.63) is 58.5 Å². The number of furan rings is 1. The Kier molecular flexibility index (Phi) is 6.01. The lowest BCUT2D eigenvalue weighted by molar-refractivity contribution is 0.0972. The van der Waals surface area contributed by atoms with Gasteiger partial charge in [-0.1, -0.05) is 29.3 Å². The van der Waals surface area contributed by atoms with Gasteiger partial charge in [0.1, 0.15) is 5.76 Å². The van der Waals surface area contributed by atoms with Crippen molar-refractivity contribution in [2.24, 2.45) is 10.7 Å². The summed E-state index contributed by atoms with van der Waals surface area (Å²) in [4.78, 5) is 15.2. The van der Waals surface area contributed by atoms with Crippen LogP contribution in [0.1, 0.15) is 33.0 Å². The highest BCUT2D eigenvalue weighted by Gasteiger charge is 2.07. The molecule has 0 aliphatic carbocycles. The highest BCUT2D eigenvalue weighted by molar-refractivity contribution is 5.89. The summed E-state index contributed by atoms with van der Waals surface area (Å²) in [6.45, 7) is 5.41. The van der Waals surface area contributed by atoms with Gasteiger partial charge in [0.15, 0.2) is 11.7 Å². The number of carbonyl (C=O) groups excluding carboxylic acids is 1. The molecule has 128 valence electrons. The van der Waals surface area contributed by atoms with Gasteiger partial charge in [-0.3, -0.25) is 9.79 Å². The molecule has 0 saturated heterocycles. The number of aliphatic imine (C=N–C) groups is 1. The number of nitrogens with zero attached hydrogens (tertiary/aromatic N) is 1. The van der Waals surface area contributed by atoms with Crippen molar-refractivity contribution in [3.8, 4) is 0 Å². The first kappa shape index (κ1) is 17.6. The third-order valence-electron chi connectivity index (χ3n) is 3.55.